The van der Waals surface area contributed by atoms with Crippen LogP contribution in [-0.4, -0.2) is 71.5 Å². The molecule has 0 spiro atoms. The van der Waals surface area contributed by atoms with Gasteiger partial charge in [-0.25, -0.2) is 0 Å². The molecule has 3 amide bonds. The van der Waals surface area contributed by atoms with Crippen LogP contribution >= 0.6 is 0 Å². The molecule has 0 aliphatic carbocycles. The van der Waals surface area contributed by atoms with E-state index in [1.54, 1.807) is 4.90 Å². The van der Waals surface area contributed by atoms with Gasteiger partial charge in [-0.05, 0) is 49.0 Å². The summed E-state index contributed by atoms with van der Waals surface area (Å²) in [4.78, 5) is 40.8. The first-order chi connectivity index (χ1) is 14.5. The van der Waals surface area contributed by atoms with Crippen molar-refractivity contribution in [3.05, 3.63) is 34.9 Å². The summed E-state index contributed by atoms with van der Waals surface area (Å²) in [5, 5.41) is 15.9. The molecule has 3 N–H and O–H groups in total. The van der Waals surface area contributed by atoms with E-state index >= 15 is 0 Å². The molecule has 0 radical (unpaired) electrons. The van der Waals surface area contributed by atoms with Crippen LogP contribution in [0.3, 0.4) is 0 Å². The second-order valence-corrected chi connectivity index (χ2v) is 9.18. The molecule has 0 saturated carbocycles. The van der Waals surface area contributed by atoms with Crippen LogP contribution in [0.2, 0.25) is 0 Å². The zero-order chi connectivity index (χ0) is 20.9. The molecule has 1 aromatic carbocycles. The lowest BCUT2D eigenvalue weighted by Crippen LogP contribution is -2.52. The fraction of sp³-hybridized carbons (Fsp3) is 0.591. The number of aliphatic hydroxyl groups excluding tert-OH is 1. The van der Waals surface area contributed by atoms with Crippen molar-refractivity contribution in [2.24, 2.45) is 11.3 Å². The van der Waals surface area contributed by atoms with Crippen LogP contribution in [0.4, 0.5) is 0 Å². The number of amides is 3. The smallest absolute Gasteiger partial charge is 0.255 e. The van der Waals surface area contributed by atoms with Crippen molar-refractivity contribution in [1.29, 1.82) is 0 Å². The van der Waals surface area contributed by atoms with E-state index in [2.05, 4.69) is 21.6 Å². The van der Waals surface area contributed by atoms with Crippen molar-refractivity contribution in [3.8, 4) is 0 Å². The molecule has 30 heavy (non-hydrogen) atoms. The Morgan fingerprint density at radius 3 is 2.87 bits per heavy atom. The SMILES string of the molecule is O=C1CCC(N2Cc3c(CN4CC5CNCCC5(CO)C4)cccc3C2=O)C(=O)N1. The molecule has 3 saturated heterocycles. The van der Waals surface area contributed by atoms with Gasteiger partial charge in [0.05, 0.1) is 6.61 Å². The Morgan fingerprint density at radius 1 is 1.23 bits per heavy atom. The van der Waals surface area contributed by atoms with Gasteiger partial charge in [-0.3, -0.25) is 24.6 Å². The number of carbonyl (C=O) groups excluding carboxylic acids is 3. The van der Waals surface area contributed by atoms with E-state index in [0.29, 0.717) is 24.4 Å². The van der Waals surface area contributed by atoms with Gasteiger partial charge in [-0.1, -0.05) is 12.1 Å². The molecule has 5 rings (SSSR count). The number of piperidine rings is 2. The fourth-order valence-electron chi connectivity index (χ4n) is 5.74. The van der Waals surface area contributed by atoms with Gasteiger partial charge in [0.1, 0.15) is 6.04 Å². The molecule has 4 aliphatic rings. The van der Waals surface area contributed by atoms with Crippen LogP contribution in [0.15, 0.2) is 18.2 Å². The average molecular weight is 412 g/mol. The van der Waals surface area contributed by atoms with Crippen molar-refractivity contribution in [2.45, 2.75) is 38.4 Å². The van der Waals surface area contributed by atoms with Gasteiger partial charge in [0.15, 0.2) is 0 Å². The minimum atomic E-state index is -0.589. The molecule has 160 valence electrons. The number of likely N-dealkylation sites (tertiary alicyclic amines) is 1. The van der Waals surface area contributed by atoms with Gasteiger partial charge in [-0.15, -0.1) is 0 Å². The van der Waals surface area contributed by atoms with Gasteiger partial charge < -0.3 is 15.3 Å². The Kier molecular flexibility index (Phi) is 4.88. The zero-order valence-electron chi connectivity index (χ0n) is 17.0. The second-order valence-electron chi connectivity index (χ2n) is 9.18. The molecule has 3 atom stereocenters. The highest BCUT2D eigenvalue weighted by atomic mass is 16.3. The first-order valence-corrected chi connectivity index (χ1v) is 10.8. The summed E-state index contributed by atoms with van der Waals surface area (Å²) in [5.74, 6) is -0.346. The Labute approximate surface area is 175 Å². The highest BCUT2D eigenvalue weighted by molar-refractivity contribution is 6.05. The monoisotopic (exact) mass is 412 g/mol. The second kappa shape index (κ2) is 7.44. The lowest BCUT2D eigenvalue weighted by atomic mass is 9.74. The summed E-state index contributed by atoms with van der Waals surface area (Å²) in [7, 11) is 0. The Morgan fingerprint density at radius 2 is 2.10 bits per heavy atom. The Bertz CT molecular complexity index is 903. The zero-order valence-corrected chi connectivity index (χ0v) is 17.0. The number of benzene rings is 1. The summed E-state index contributed by atoms with van der Waals surface area (Å²) in [6.45, 7) is 5.03. The molecule has 3 fully saturated rings. The predicted molar refractivity (Wildman–Crippen MR) is 108 cm³/mol. The first kappa shape index (κ1) is 19.7. The maximum absolute atomic E-state index is 13.0. The number of nitrogens with zero attached hydrogens (tertiary/aromatic N) is 2. The predicted octanol–water partition coefficient (Wildman–Crippen LogP) is -0.149. The Balaban J connectivity index is 1.35. The Hall–Kier alpha value is -2.29. The van der Waals surface area contributed by atoms with Crippen molar-refractivity contribution < 1.29 is 19.5 Å². The minimum Gasteiger partial charge on any atom is -0.396 e. The topological polar surface area (TPSA) is 102 Å². The van der Waals surface area contributed by atoms with Crippen molar-refractivity contribution in [1.82, 2.24) is 20.4 Å². The normalized spacial score (nSPS) is 31.6. The third-order valence-electron chi connectivity index (χ3n) is 7.46. The van der Waals surface area contributed by atoms with Gasteiger partial charge in [0.25, 0.3) is 5.91 Å². The molecule has 0 bridgehead atoms. The summed E-state index contributed by atoms with van der Waals surface area (Å²) >= 11 is 0. The van der Waals surface area contributed by atoms with Gasteiger partial charge >= 0.3 is 0 Å². The van der Waals surface area contributed by atoms with Crippen molar-refractivity contribution >= 4 is 17.7 Å². The summed E-state index contributed by atoms with van der Waals surface area (Å²) in [6, 6.07) is 5.21. The first-order valence-electron chi connectivity index (χ1n) is 10.8. The molecular weight excluding hydrogens is 384 g/mol. The summed E-state index contributed by atoms with van der Waals surface area (Å²) in [6.07, 6.45) is 1.62. The van der Waals surface area contributed by atoms with Crippen LogP contribution < -0.4 is 10.6 Å². The van der Waals surface area contributed by atoms with Crippen LogP contribution in [0.25, 0.3) is 0 Å². The highest BCUT2D eigenvalue weighted by Gasteiger charge is 2.47. The van der Waals surface area contributed by atoms with E-state index in [-0.39, 0.29) is 36.2 Å². The maximum Gasteiger partial charge on any atom is 0.255 e. The highest BCUT2D eigenvalue weighted by Crippen LogP contribution is 2.41. The molecule has 8 nitrogen and oxygen atoms in total. The molecule has 8 heteroatoms. The number of carbonyl (C=O) groups is 3. The van der Waals surface area contributed by atoms with E-state index in [1.807, 2.05) is 12.1 Å². The third-order valence-corrected chi connectivity index (χ3v) is 7.46. The third kappa shape index (κ3) is 3.14. The standard InChI is InChI=1S/C22H28N4O4/c27-13-22-6-7-23-8-15(22)10-25(12-22)9-14-2-1-3-16-17(14)11-26(21(16)30)18-4-5-19(28)24-20(18)29/h1-3,15,18,23,27H,4-13H2,(H,24,28,29). The van der Waals surface area contributed by atoms with Gasteiger partial charge in [-0.2, -0.15) is 0 Å². The average Bonchev–Trinajstić information content (AvgIpc) is 3.27. The van der Waals surface area contributed by atoms with Gasteiger partial charge in [0.2, 0.25) is 11.8 Å². The van der Waals surface area contributed by atoms with E-state index in [4.69, 9.17) is 0 Å². The number of nitrogens with one attached hydrogen (secondary N) is 2. The summed E-state index contributed by atoms with van der Waals surface area (Å²) in [5.41, 5.74) is 2.72. The van der Waals surface area contributed by atoms with E-state index < -0.39 is 6.04 Å². The van der Waals surface area contributed by atoms with Crippen molar-refractivity contribution in [3.63, 3.8) is 0 Å². The summed E-state index contributed by atoms with van der Waals surface area (Å²) < 4.78 is 0. The number of imide groups is 1. The minimum absolute atomic E-state index is 0.0300. The number of fused-ring (bicyclic) bond motifs is 2. The lowest BCUT2D eigenvalue weighted by Gasteiger charge is -2.37. The van der Waals surface area contributed by atoms with E-state index in [0.717, 1.165) is 50.3 Å². The number of rotatable bonds is 4. The molecule has 3 unspecified atom stereocenters. The van der Waals surface area contributed by atoms with Crippen LogP contribution in [0.1, 0.15) is 40.7 Å². The van der Waals surface area contributed by atoms with Crippen LogP contribution in [0, 0.1) is 11.3 Å². The quantitative estimate of drug-likeness (QED) is 0.595. The molecule has 0 aromatic heterocycles. The van der Waals surface area contributed by atoms with Crippen LogP contribution in [-0.2, 0) is 22.7 Å². The molecule has 1 aromatic rings. The lowest BCUT2D eigenvalue weighted by molar-refractivity contribution is -0.136. The number of hydrogen-bond donors (Lipinski definition) is 3. The maximum atomic E-state index is 13.0. The molecular formula is C22H28N4O4. The number of hydrogen-bond acceptors (Lipinski definition) is 6. The van der Waals surface area contributed by atoms with Crippen LogP contribution in [0.5, 0.6) is 0 Å². The molecule has 4 aliphatic heterocycles. The fourth-order valence-corrected chi connectivity index (χ4v) is 5.74. The molecule has 4 heterocycles. The van der Waals surface area contributed by atoms with Gasteiger partial charge in [0, 0.05) is 43.6 Å². The number of aliphatic hydroxyl groups is 1. The van der Waals surface area contributed by atoms with Crippen molar-refractivity contribution in [2.75, 3.05) is 32.8 Å². The van der Waals surface area contributed by atoms with E-state index in [1.165, 1.54) is 0 Å². The van der Waals surface area contributed by atoms with E-state index in [9.17, 15) is 19.5 Å². The largest absolute Gasteiger partial charge is 0.396 e.